The van der Waals surface area contributed by atoms with Crippen LogP contribution in [0, 0.1) is 0 Å². The van der Waals surface area contributed by atoms with Crippen LogP contribution < -0.4 is 5.73 Å². The van der Waals surface area contributed by atoms with Crippen LogP contribution in [0.1, 0.15) is 37.7 Å². The molecule has 0 radical (unpaired) electrons. The van der Waals surface area contributed by atoms with Crippen molar-refractivity contribution in [3.63, 3.8) is 0 Å². The SMILES string of the molecule is CC(C)n1nnc(CC(N)=O)c1C(F)F. The third-order valence-corrected chi connectivity index (χ3v) is 1.84. The summed E-state index contributed by atoms with van der Waals surface area (Å²) in [5.41, 5.74) is 4.54. The van der Waals surface area contributed by atoms with Crippen LogP contribution >= 0.6 is 0 Å². The van der Waals surface area contributed by atoms with Crippen molar-refractivity contribution in [1.82, 2.24) is 15.0 Å². The lowest BCUT2D eigenvalue weighted by molar-refractivity contribution is -0.117. The fourth-order valence-electron chi connectivity index (χ4n) is 1.23. The third-order valence-electron chi connectivity index (χ3n) is 1.84. The average Bonchev–Trinajstić information content (AvgIpc) is 2.46. The van der Waals surface area contributed by atoms with Crippen molar-refractivity contribution in [1.29, 1.82) is 0 Å². The Morgan fingerprint density at radius 2 is 2.13 bits per heavy atom. The summed E-state index contributed by atoms with van der Waals surface area (Å²) in [5.74, 6) is -0.701. The number of hydrogen-bond donors (Lipinski definition) is 1. The molecule has 0 aromatic carbocycles. The summed E-state index contributed by atoms with van der Waals surface area (Å²) < 4.78 is 26.5. The molecule has 0 unspecified atom stereocenters. The van der Waals surface area contributed by atoms with Crippen LogP contribution in [-0.2, 0) is 11.2 Å². The van der Waals surface area contributed by atoms with Gasteiger partial charge in [0.15, 0.2) is 0 Å². The van der Waals surface area contributed by atoms with Gasteiger partial charge in [-0.05, 0) is 13.8 Å². The molecule has 0 spiro atoms. The van der Waals surface area contributed by atoms with Crippen LogP contribution in [0.3, 0.4) is 0 Å². The van der Waals surface area contributed by atoms with Gasteiger partial charge in [-0.2, -0.15) is 0 Å². The van der Waals surface area contributed by atoms with E-state index in [1.54, 1.807) is 13.8 Å². The Hall–Kier alpha value is -1.53. The zero-order chi connectivity index (χ0) is 11.6. The minimum Gasteiger partial charge on any atom is -0.369 e. The van der Waals surface area contributed by atoms with Crippen LogP contribution in [0.15, 0.2) is 0 Å². The zero-order valence-corrected chi connectivity index (χ0v) is 8.44. The van der Waals surface area contributed by atoms with Gasteiger partial charge in [0.05, 0.1) is 6.42 Å². The number of nitrogens with two attached hydrogens (primary N) is 1. The Morgan fingerprint density at radius 3 is 2.53 bits per heavy atom. The molecule has 84 valence electrons. The molecular weight excluding hydrogens is 206 g/mol. The smallest absolute Gasteiger partial charge is 0.281 e. The second kappa shape index (κ2) is 4.33. The van der Waals surface area contributed by atoms with Crippen molar-refractivity contribution in [3.05, 3.63) is 11.4 Å². The van der Waals surface area contributed by atoms with Gasteiger partial charge in [0.1, 0.15) is 11.4 Å². The molecule has 15 heavy (non-hydrogen) atoms. The molecule has 5 nitrogen and oxygen atoms in total. The third kappa shape index (κ3) is 2.48. The van der Waals surface area contributed by atoms with Gasteiger partial charge in [0.2, 0.25) is 5.91 Å². The molecule has 0 aliphatic carbocycles. The highest BCUT2D eigenvalue weighted by molar-refractivity contribution is 5.76. The minimum absolute atomic E-state index is 0.0498. The molecule has 1 heterocycles. The van der Waals surface area contributed by atoms with Gasteiger partial charge in [0, 0.05) is 6.04 Å². The van der Waals surface area contributed by atoms with Crippen molar-refractivity contribution in [2.45, 2.75) is 32.7 Å². The first kappa shape index (κ1) is 11.5. The molecule has 0 aliphatic rings. The van der Waals surface area contributed by atoms with E-state index in [0.29, 0.717) is 0 Å². The first-order chi connectivity index (χ1) is 6.93. The molecule has 1 amide bonds. The lowest BCUT2D eigenvalue weighted by atomic mass is 10.2. The lowest BCUT2D eigenvalue weighted by Crippen LogP contribution is -2.16. The number of carbonyl (C=O) groups is 1. The number of hydrogen-bond acceptors (Lipinski definition) is 3. The number of carbonyl (C=O) groups excluding carboxylic acids is 1. The fraction of sp³-hybridized carbons (Fsp3) is 0.625. The summed E-state index contributed by atoms with van der Waals surface area (Å²) in [6.07, 6.45) is -3.02. The van der Waals surface area contributed by atoms with E-state index >= 15 is 0 Å². The Balaban J connectivity index is 3.12. The summed E-state index contributed by atoms with van der Waals surface area (Å²) in [6.45, 7) is 3.41. The van der Waals surface area contributed by atoms with Gasteiger partial charge in [-0.25, -0.2) is 13.5 Å². The van der Waals surface area contributed by atoms with E-state index in [0.717, 1.165) is 4.68 Å². The van der Waals surface area contributed by atoms with Gasteiger partial charge in [-0.3, -0.25) is 4.79 Å². The molecule has 0 fully saturated rings. The maximum absolute atomic E-state index is 12.7. The molecular formula is C8H12F2N4O. The van der Waals surface area contributed by atoms with E-state index in [9.17, 15) is 13.6 Å². The highest BCUT2D eigenvalue weighted by Gasteiger charge is 2.23. The number of amides is 1. The topological polar surface area (TPSA) is 73.8 Å². The van der Waals surface area contributed by atoms with Crippen molar-refractivity contribution in [2.24, 2.45) is 5.73 Å². The normalized spacial score (nSPS) is 11.3. The number of rotatable bonds is 4. The number of halogens is 2. The van der Waals surface area contributed by atoms with Gasteiger partial charge in [-0.1, -0.05) is 5.21 Å². The Kier molecular flexibility index (Phi) is 3.33. The largest absolute Gasteiger partial charge is 0.369 e. The summed E-state index contributed by atoms with van der Waals surface area (Å²) in [6, 6.07) is -0.233. The quantitative estimate of drug-likeness (QED) is 0.813. The first-order valence-corrected chi connectivity index (χ1v) is 4.44. The van der Waals surface area contributed by atoms with Crippen LogP contribution in [0.25, 0.3) is 0 Å². The highest BCUT2D eigenvalue weighted by Crippen LogP contribution is 2.24. The second-order valence-corrected chi connectivity index (χ2v) is 3.40. The zero-order valence-electron chi connectivity index (χ0n) is 8.44. The summed E-state index contributed by atoms with van der Waals surface area (Å²) in [7, 11) is 0. The molecule has 0 bridgehead atoms. The van der Waals surface area contributed by atoms with Gasteiger partial charge in [0.25, 0.3) is 6.43 Å². The van der Waals surface area contributed by atoms with Gasteiger partial charge >= 0.3 is 0 Å². The molecule has 0 atom stereocenters. The molecule has 0 saturated carbocycles. The molecule has 7 heteroatoms. The van der Waals surface area contributed by atoms with Crippen LogP contribution in [0.4, 0.5) is 8.78 Å². The maximum Gasteiger partial charge on any atom is 0.281 e. The van der Waals surface area contributed by atoms with E-state index in [4.69, 9.17) is 5.73 Å². The van der Waals surface area contributed by atoms with Gasteiger partial charge < -0.3 is 5.73 Å². The maximum atomic E-state index is 12.7. The predicted molar refractivity (Wildman–Crippen MR) is 48.3 cm³/mol. The monoisotopic (exact) mass is 218 g/mol. The molecule has 0 aliphatic heterocycles. The van der Waals surface area contributed by atoms with Crippen molar-refractivity contribution < 1.29 is 13.6 Å². The number of alkyl halides is 2. The minimum atomic E-state index is -2.71. The number of aromatic nitrogens is 3. The van der Waals surface area contributed by atoms with Gasteiger partial charge in [-0.15, -0.1) is 5.10 Å². The molecule has 1 aromatic heterocycles. The Labute approximate surface area is 85.2 Å². The van der Waals surface area contributed by atoms with Crippen LogP contribution in [0.2, 0.25) is 0 Å². The predicted octanol–water partition coefficient (Wildman–Crippen LogP) is 0.824. The van der Waals surface area contributed by atoms with Crippen LogP contribution in [0.5, 0.6) is 0 Å². The van der Waals surface area contributed by atoms with Crippen LogP contribution in [-0.4, -0.2) is 20.9 Å². The Morgan fingerprint density at radius 1 is 1.53 bits per heavy atom. The van der Waals surface area contributed by atoms with E-state index in [-0.39, 0.29) is 23.9 Å². The number of primary amides is 1. The molecule has 1 rings (SSSR count). The van der Waals surface area contributed by atoms with E-state index in [1.165, 1.54) is 0 Å². The standard InChI is InChI=1S/C8H12F2N4O/c1-4(2)14-7(8(9)10)5(12-13-14)3-6(11)15/h4,8H,3H2,1-2H3,(H2,11,15). The second-order valence-electron chi connectivity index (χ2n) is 3.40. The lowest BCUT2D eigenvalue weighted by Gasteiger charge is -2.09. The highest BCUT2D eigenvalue weighted by atomic mass is 19.3. The van der Waals surface area contributed by atoms with E-state index < -0.39 is 12.3 Å². The van der Waals surface area contributed by atoms with Crippen molar-refractivity contribution in [3.8, 4) is 0 Å². The molecule has 1 aromatic rings. The van der Waals surface area contributed by atoms with E-state index in [1.807, 2.05) is 0 Å². The Bertz CT molecular complexity index is 362. The first-order valence-electron chi connectivity index (χ1n) is 4.44. The van der Waals surface area contributed by atoms with E-state index in [2.05, 4.69) is 10.3 Å². The fourth-order valence-corrected chi connectivity index (χ4v) is 1.23. The summed E-state index contributed by atoms with van der Waals surface area (Å²) in [5, 5.41) is 7.10. The average molecular weight is 218 g/mol. The van der Waals surface area contributed by atoms with Crippen molar-refractivity contribution in [2.75, 3.05) is 0 Å². The number of nitrogens with zero attached hydrogens (tertiary/aromatic N) is 3. The van der Waals surface area contributed by atoms with Crippen molar-refractivity contribution >= 4 is 5.91 Å². The summed E-state index contributed by atoms with van der Waals surface area (Å²) in [4.78, 5) is 10.6. The molecule has 2 N–H and O–H groups in total. The summed E-state index contributed by atoms with van der Waals surface area (Å²) >= 11 is 0. The molecule has 0 saturated heterocycles.